The Morgan fingerprint density at radius 2 is 1.77 bits per heavy atom. The zero-order valence-corrected chi connectivity index (χ0v) is 11.8. The maximum atomic E-state index is 12.7. The molecule has 0 bridgehead atoms. The number of aliphatic carboxylic acids is 1. The first kappa shape index (κ1) is 15.9. The molecule has 0 spiro atoms. The van der Waals surface area contributed by atoms with E-state index in [-0.39, 0.29) is 18.4 Å². The van der Waals surface area contributed by atoms with E-state index in [9.17, 15) is 18.8 Å². The lowest BCUT2D eigenvalue weighted by atomic mass is 10.0. The van der Waals surface area contributed by atoms with Gasteiger partial charge in [0.2, 0.25) is 11.8 Å². The van der Waals surface area contributed by atoms with E-state index in [1.807, 2.05) is 0 Å². The summed E-state index contributed by atoms with van der Waals surface area (Å²) in [6.45, 7) is -0.204. The zero-order valence-electron chi connectivity index (χ0n) is 11.8. The molecule has 118 valence electrons. The molecule has 0 heterocycles. The van der Waals surface area contributed by atoms with E-state index in [1.165, 1.54) is 24.3 Å². The maximum Gasteiger partial charge on any atom is 0.306 e. The van der Waals surface area contributed by atoms with E-state index in [2.05, 4.69) is 10.6 Å². The number of carboxylic acid groups (broad SMARTS) is 1. The van der Waals surface area contributed by atoms with Crippen molar-refractivity contribution in [2.45, 2.75) is 19.3 Å². The summed E-state index contributed by atoms with van der Waals surface area (Å²) in [6.07, 6.45) is 1.30. The van der Waals surface area contributed by atoms with Crippen molar-refractivity contribution in [2.24, 2.45) is 11.8 Å². The van der Waals surface area contributed by atoms with Crippen LogP contribution in [-0.2, 0) is 14.4 Å². The number of hydrogen-bond donors (Lipinski definition) is 3. The van der Waals surface area contributed by atoms with Gasteiger partial charge in [-0.1, -0.05) is 0 Å². The molecule has 0 radical (unpaired) electrons. The smallest absolute Gasteiger partial charge is 0.306 e. The standard InChI is InChI=1S/C15H17FN2O4/c16-11-3-5-12(6-4-11)18-13(19)8-17-14(20)9-1-2-10(7-9)15(21)22/h3-6,9-10H,1-2,7-8H2,(H,17,20)(H,18,19)(H,21,22)/t9-,10+/m0/s1. The predicted octanol–water partition coefficient (Wildman–Crippen LogP) is 1.38. The van der Waals surface area contributed by atoms with Crippen LogP contribution in [-0.4, -0.2) is 29.4 Å². The molecule has 0 aromatic heterocycles. The lowest BCUT2D eigenvalue weighted by Crippen LogP contribution is -2.36. The van der Waals surface area contributed by atoms with Crippen LogP contribution in [0, 0.1) is 17.7 Å². The third-order valence-electron chi connectivity index (χ3n) is 3.70. The Morgan fingerprint density at radius 3 is 2.36 bits per heavy atom. The van der Waals surface area contributed by atoms with E-state index >= 15 is 0 Å². The molecular weight excluding hydrogens is 291 g/mol. The molecule has 0 aliphatic heterocycles. The Labute approximate surface area is 126 Å². The van der Waals surface area contributed by atoms with Crippen LogP contribution in [0.5, 0.6) is 0 Å². The van der Waals surface area contributed by atoms with Crippen LogP contribution in [0.4, 0.5) is 10.1 Å². The molecular formula is C15H17FN2O4. The number of anilines is 1. The van der Waals surface area contributed by atoms with Gasteiger partial charge in [-0.15, -0.1) is 0 Å². The Kier molecular flexibility index (Phi) is 5.08. The van der Waals surface area contributed by atoms with Crippen molar-refractivity contribution in [1.82, 2.24) is 5.32 Å². The molecule has 0 unspecified atom stereocenters. The van der Waals surface area contributed by atoms with E-state index in [0.717, 1.165) is 0 Å². The molecule has 1 saturated carbocycles. The van der Waals surface area contributed by atoms with Gasteiger partial charge in [0.15, 0.2) is 0 Å². The van der Waals surface area contributed by atoms with Crippen LogP contribution in [0.15, 0.2) is 24.3 Å². The Bertz CT molecular complexity index is 573. The SMILES string of the molecule is O=C(CNC(=O)[C@H]1CC[C@@H](C(=O)O)C1)Nc1ccc(F)cc1. The minimum Gasteiger partial charge on any atom is -0.481 e. The van der Waals surface area contributed by atoms with Gasteiger partial charge in [-0.25, -0.2) is 4.39 Å². The van der Waals surface area contributed by atoms with Crippen molar-refractivity contribution < 1.29 is 23.9 Å². The van der Waals surface area contributed by atoms with E-state index in [0.29, 0.717) is 24.9 Å². The van der Waals surface area contributed by atoms with Crippen molar-refractivity contribution in [1.29, 1.82) is 0 Å². The summed E-state index contributed by atoms with van der Waals surface area (Å²) in [5, 5.41) is 13.9. The van der Waals surface area contributed by atoms with Crippen molar-refractivity contribution in [3.63, 3.8) is 0 Å². The van der Waals surface area contributed by atoms with Crippen LogP contribution in [0.2, 0.25) is 0 Å². The van der Waals surface area contributed by atoms with E-state index in [1.54, 1.807) is 0 Å². The second kappa shape index (κ2) is 7.02. The monoisotopic (exact) mass is 308 g/mol. The summed E-state index contributed by atoms with van der Waals surface area (Å²) >= 11 is 0. The Hall–Kier alpha value is -2.44. The topological polar surface area (TPSA) is 95.5 Å². The second-order valence-corrected chi connectivity index (χ2v) is 5.32. The van der Waals surface area contributed by atoms with E-state index < -0.39 is 23.6 Å². The minimum atomic E-state index is -0.885. The highest BCUT2D eigenvalue weighted by molar-refractivity contribution is 5.94. The van der Waals surface area contributed by atoms with Crippen molar-refractivity contribution in [3.8, 4) is 0 Å². The highest BCUT2D eigenvalue weighted by Gasteiger charge is 2.33. The average Bonchev–Trinajstić information content (AvgIpc) is 2.97. The lowest BCUT2D eigenvalue weighted by molar-refractivity contribution is -0.141. The summed E-state index contributed by atoms with van der Waals surface area (Å²) < 4.78 is 12.7. The number of halogens is 1. The van der Waals surface area contributed by atoms with Gasteiger partial charge in [-0.05, 0) is 43.5 Å². The summed E-state index contributed by atoms with van der Waals surface area (Å²) in [7, 11) is 0. The van der Waals surface area contributed by atoms with Gasteiger partial charge in [0.1, 0.15) is 5.82 Å². The molecule has 22 heavy (non-hydrogen) atoms. The molecule has 1 aromatic carbocycles. The molecule has 1 aliphatic carbocycles. The van der Waals surface area contributed by atoms with Crippen LogP contribution < -0.4 is 10.6 Å². The Morgan fingerprint density at radius 1 is 1.14 bits per heavy atom. The number of benzene rings is 1. The largest absolute Gasteiger partial charge is 0.481 e. The highest BCUT2D eigenvalue weighted by Crippen LogP contribution is 2.30. The van der Waals surface area contributed by atoms with Crippen LogP contribution >= 0.6 is 0 Å². The molecule has 0 saturated heterocycles. The molecule has 6 nitrogen and oxygen atoms in total. The number of carbonyl (C=O) groups excluding carboxylic acids is 2. The molecule has 1 aliphatic rings. The molecule has 1 aromatic rings. The molecule has 2 amide bonds. The maximum absolute atomic E-state index is 12.7. The van der Waals surface area contributed by atoms with Gasteiger partial charge in [-0.2, -0.15) is 0 Å². The molecule has 7 heteroatoms. The fourth-order valence-corrected chi connectivity index (χ4v) is 2.49. The fourth-order valence-electron chi connectivity index (χ4n) is 2.49. The van der Waals surface area contributed by atoms with Gasteiger partial charge < -0.3 is 15.7 Å². The summed E-state index contributed by atoms with van der Waals surface area (Å²) in [5.74, 6) is -2.86. The number of nitrogens with one attached hydrogen (secondary N) is 2. The normalized spacial score (nSPS) is 20.4. The first-order chi connectivity index (χ1) is 10.5. The second-order valence-electron chi connectivity index (χ2n) is 5.32. The summed E-state index contributed by atoms with van der Waals surface area (Å²) in [6, 6.07) is 5.28. The number of rotatable bonds is 5. The third-order valence-corrected chi connectivity index (χ3v) is 3.70. The van der Waals surface area contributed by atoms with Gasteiger partial charge in [0.05, 0.1) is 12.5 Å². The highest BCUT2D eigenvalue weighted by atomic mass is 19.1. The third kappa shape index (κ3) is 4.28. The quantitative estimate of drug-likeness (QED) is 0.766. The van der Waals surface area contributed by atoms with Gasteiger partial charge >= 0.3 is 5.97 Å². The van der Waals surface area contributed by atoms with Crippen LogP contribution in [0.1, 0.15) is 19.3 Å². The average molecular weight is 308 g/mol. The van der Waals surface area contributed by atoms with E-state index in [4.69, 9.17) is 5.11 Å². The molecule has 1 fully saturated rings. The van der Waals surface area contributed by atoms with Crippen LogP contribution in [0.25, 0.3) is 0 Å². The number of amides is 2. The molecule has 3 N–H and O–H groups in total. The van der Waals surface area contributed by atoms with Crippen molar-refractivity contribution >= 4 is 23.5 Å². The molecule has 2 rings (SSSR count). The summed E-state index contributed by atoms with van der Waals surface area (Å²) in [4.78, 5) is 34.4. The van der Waals surface area contributed by atoms with Crippen molar-refractivity contribution in [2.75, 3.05) is 11.9 Å². The zero-order chi connectivity index (χ0) is 16.1. The number of carbonyl (C=O) groups is 3. The minimum absolute atomic E-state index is 0.204. The lowest BCUT2D eigenvalue weighted by Gasteiger charge is -2.11. The first-order valence-corrected chi connectivity index (χ1v) is 7.01. The first-order valence-electron chi connectivity index (χ1n) is 7.01. The predicted molar refractivity (Wildman–Crippen MR) is 76.5 cm³/mol. The van der Waals surface area contributed by atoms with Crippen molar-refractivity contribution in [3.05, 3.63) is 30.1 Å². The van der Waals surface area contributed by atoms with Gasteiger partial charge in [0, 0.05) is 11.6 Å². The van der Waals surface area contributed by atoms with Gasteiger partial charge in [0.25, 0.3) is 0 Å². The molecule has 2 atom stereocenters. The number of hydrogen-bond acceptors (Lipinski definition) is 3. The van der Waals surface area contributed by atoms with Gasteiger partial charge in [-0.3, -0.25) is 14.4 Å². The fraction of sp³-hybridized carbons (Fsp3) is 0.400. The summed E-state index contributed by atoms with van der Waals surface area (Å²) in [5.41, 5.74) is 0.437. The van der Waals surface area contributed by atoms with Crippen LogP contribution in [0.3, 0.4) is 0 Å². The number of carboxylic acids is 1. The Balaban J connectivity index is 1.75.